The Morgan fingerprint density at radius 1 is 1.25 bits per heavy atom. The average Bonchev–Trinajstić information content (AvgIpc) is 2.50. The van der Waals surface area contributed by atoms with Gasteiger partial charge in [0, 0.05) is 18.6 Å². The van der Waals surface area contributed by atoms with Gasteiger partial charge in [-0.15, -0.1) is 0 Å². The van der Waals surface area contributed by atoms with E-state index in [2.05, 4.69) is 19.4 Å². The van der Waals surface area contributed by atoms with E-state index < -0.39 is 18.0 Å². The number of hydrogen-bond acceptors (Lipinski definition) is 7. The molecule has 1 aromatic rings. The SMILES string of the molecule is COC(=O)OC/C=C/CC(C(=O)OC)c1cnccn1. The number of esters is 1. The molecule has 0 saturated heterocycles. The number of aromatic nitrogens is 2. The fourth-order valence-electron chi connectivity index (χ4n) is 1.45. The Balaban J connectivity index is 2.57. The van der Waals surface area contributed by atoms with E-state index in [-0.39, 0.29) is 6.61 Å². The van der Waals surface area contributed by atoms with E-state index in [0.29, 0.717) is 12.1 Å². The van der Waals surface area contributed by atoms with Crippen LogP contribution in [0.15, 0.2) is 30.7 Å². The van der Waals surface area contributed by atoms with Crippen molar-refractivity contribution in [3.63, 3.8) is 0 Å². The molecule has 1 rings (SSSR count). The fourth-order valence-corrected chi connectivity index (χ4v) is 1.45. The summed E-state index contributed by atoms with van der Waals surface area (Å²) >= 11 is 0. The van der Waals surface area contributed by atoms with Gasteiger partial charge in [-0.05, 0) is 6.42 Å². The van der Waals surface area contributed by atoms with E-state index in [4.69, 9.17) is 4.74 Å². The molecule has 20 heavy (non-hydrogen) atoms. The van der Waals surface area contributed by atoms with Crippen LogP contribution in [0.3, 0.4) is 0 Å². The van der Waals surface area contributed by atoms with Gasteiger partial charge in [0.25, 0.3) is 0 Å². The van der Waals surface area contributed by atoms with Gasteiger partial charge >= 0.3 is 12.1 Å². The van der Waals surface area contributed by atoms with Gasteiger partial charge in [-0.25, -0.2) is 4.79 Å². The quantitative estimate of drug-likeness (QED) is 0.575. The molecule has 1 heterocycles. The fraction of sp³-hybridized carbons (Fsp3) is 0.385. The van der Waals surface area contributed by atoms with Crippen molar-refractivity contribution in [3.05, 3.63) is 36.4 Å². The van der Waals surface area contributed by atoms with E-state index in [1.54, 1.807) is 12.2 Å². The Morgan fingerprint density at radius 2 is 2.05 bits per heavy atom. The van der Waals surface area contributed by atoms with Crippen molar-refractivity contribution in [1.82, 2.24) is 9.97 Å². The standard InChI is InChI=1S/C13H16N2O5/c1-18-12(16)10(11-9-14-6-7-15-11)5-3-4-8-20-13(17)19-2/h3-4,6-7,9-10H,5,8H2,1-2H3/b4-3+. The molecule has 0 saturated carbocycles. The molecule has 0 bridgehead atoms. The van der Waals surface area contributed by atoms with Gasteiger partial charge in [-0.3, -0.25) is 14.8 Å². The van der Waals surface area contributed by atoms with Gasteiger partial charge in [0.05, 0.1) is 19.9 Å². The second-order valence-electron chi connectivity index (χ2n) is 3.68. The molecule has 1 unspecified atom stereocenters. The maximum atomic E-state index is 11.7. The summed E-state index contributed by atoms with van der Waals surface area (Å²) in [7, 11) is 2.54. The summed E-state index contributed by atoms with van der Waals surface area (Å²) in [5.74, 6) is -0.938. The Morgan fingerprint density at radius 3 is 2.65 bits per heavy atom. The molecule has 0 fully saturated rings. The third-order valence-corrected chi connectivity index (χ3v) is 2.43. The molecule has 7 heteroatoms. The van der Waals surface area contributed by atoms with Crippen LogP contribution in [0, 0.1) is 0 Å². The van der Waals surface area contributed by atoms with Crippen LogP contribution in [0.5, 0.6) is 0 Å². The second-order valence-corrected chi connectivity index (χ2v) is 3.68. The van der Waals surface area contributed by atoms with Crippen LogP contribution in [0.25, 0.3) is 0 Å². The molecule has 0 radical (unpaired) electrons. The summed E-state index contributed by atoms with van der Waals surface area (Å²) in [6, 6.07) is 0. The van der Waals surface area contributed by atoms with Crippen LogP contribution < -0.4 is 0 Å². The van der Waals surface area contributed by atoms with Crippen molar-refractivity contribution in [2.24, 2.45) is 0 Å². The number of methoxy groups -OCH3 is 2. The Bertz CT molecular complexity index is 461. The minimum absolute atomic E-state index is 0.0705. The van der Waals surface area contributed by atoms with Crippen molar-refractivity contribution < 1.29 is 23.8 Å². The molecule has 1 aromatic heterocycles. The average molecular weight is 280 g/mol. The molecule has 0 N–H and O–H groups in total. The molecular weight excluding hydrogens is 264 g/mol. The molecule has 0 aliphatic heterocycles. The zero-order valence-electron chi connectivity index (χ0n) is 11.3. The van der Waals surface area contributed by atoms with Crippen LogP contribution >= 0.6 is 0 Å². The minimum Gasteiger partial charge on any atom is -0.468 e. The number of allylic oxidation sites excluding steroid dienone is 1. The van der Waals surface area contributed by atoms with Gasteiger partial charge in [-0.1, -0.05) is 12.2 Å². The zero-order valence-corrected chi connectivity index (χ0v) is 11.3. The predicted molar refractivity (Wildman–Crippen MR) is 68.9 cm³/mol. The molecule has 0 aliphatic rings. The summed E-state index contributed by atoms with van der Waals surface area (Å²) in [5, 5.41) is 0. The van der Waals surface area contributed by atoms with Crippen molar-refractivity contribution in [2.75, 3.05) is 20.8 Å². The lowest BCUT2D eigenvalue weighted by Gasteiger charge is -2.11. The number of carbonyl (C=O) groups excluding carboxylic acids is 2. The van der Waals surface area contributed by atoms with Crippen molar-refractivity contribution in [1.29, 1.82) is 0 Å². The van der Waals surface area contributed by atoms with Crippen molar-refractivity contribution in [3.8, 4) is 0 Å². The number of ether oxygens (including phenoxy) is 3. The Hall–Kier alpha value is -2.44. The number of hydrogen-bond donors (Lipinski definition) is 0. The molecular formula is C13H16N2O5. The zero-order chi connectivity index (χ0) is 14.8. The molecule has 0 aromatic carbocycles. The van der Waals surface area contributed by atoms with Gasteiger partial charge in [0.15, 0.2) is 0 Å². The minimum atomic E-state index is -0.756. The van der Waals surface area contributed by atoms with E-state index >= 15 is 0 Å². The molecule has 0 aliphatic carbocycles. The third-order valence-electron chi connectivity index (χ3n) is 2.43. The van der Waals surface area contributed by atoms with Gasteiger partial charge in [0.2, 0.25) is 0 Å². The summed E-state index contributed by atoms with van der Waals surface area (Å²) in [6.07, 6.45) is 7.49. The van der Waals surface area contributed by atoms with Crippen molar-refractivity contribution >= 4 is 12.1 Å². The van der Waals surface area contributed by atoms with Crippen LogP contribution in [-0.2, 0) is 19.0 Å². The first-order chi connectivity index (χ1) is 9.69. The maximum Gasteiger partial charge on any atom is 0.508 e. The van der Waals surface area contributed by atoms with Crippen LogP contribution in [0.1, 0.15) is 18.0 Å². The van der Waals surface area contributed by atoms with Gasteiger partial charge in [-0.2, -0.15) is 0 Å². The van der Waals surface area contributed by atoms with Gasteiger partial charge in [0.1, 0.15) is 12.5 Å². The summed E-state index contributed by atoms with van der Waals surface area (Å²) < 4.78 is 13.7. The first-order valence-electron chi connectivity index (χ1n) is 5.88. The number of carbonyl (C=O) groups is 2. The van der Waals surface area contributed by atoms with Crippen LogP contribution in [0.2, 0.25) is 0 Å². The monoisotopic (exact) mass is 280 g/mol. The smallest absolute Gasteiger partial charge is 0.468 e. The highest BCUT2D eigenvalue weighted by Crippen LogP contribution is 2.18. The molecule has 0 spiro atoms. The lowest BCUT2D eigenvalue weighted by molar-refractivity contribution is -0.142. The summed E-state index contributed by atoms with van der Waals surface area (Å²) in [6.45, 7) is 0.0705. The molecule has 108 valence electrons. The topological polar surface area (TPSA) is 87.6 Å². The largest absolute Gasteiger partial charge is 0.508 e. The summed E-state index contributed by atoms with van der Waals surface area (Å²) in [5.41, 5.74) is 0.526. The first-order valence-corrected chi connectivity index (χ1v) is 5.88. The van der Waals surface area contributed by atoms with Gasteiger partial charge < -0.3 is 14.2 Å². The summed E-state index contributed by atoms with van der Waals surface area (Å²) in [4.78, 5) is 30.4. The van der Waals surface area contributed by atoms with Crippen LogP contribution in [0.4, 0.5) is 4.79 Å². The van der Waals surface area contributed by atoms with E-state index in [1.807, 2.05) is 0 Å². The second kappa shape index (κ2) is 8.63. The highest BCUT2D eigenvalue weighted by molar-refractivity contribution is 5.77. The number of nitrogens with zero attached hydrogens (tertiary/aromatic N) is 2. The van der Waals surface area contributed by atoms with E-state index in [9.17, 15) is 9.59 Å². The Labute approximate surface area is 116 Å². The van der Waals surface area contributed by atoms with Crippen molar-refractivity contribution in [2.45, 2.75) is 12.3 Å². The normalized spacial score (nSPS) is 11.9. The van der Waals surface area contributed by atoms with E-state index in [1.165, 1.54) is 32.8 Å². The number of rotatable bonds is 6. The van der Waals surface area contributed by atoms with E-state index in [0.717, 1.165) is 0 Å². The lowest BCUT2D eigenvalue weighted by atomic mass is 10.0. The third kappa shape index (κ3) is 5.05. The highest BCUT2D eigenvalue weighted by atomic mass is 16.7. The molecule has 0 amide bonds. The first kappa shape index (κ1) is 15.6. The van der Waals surface area contributed by atoms with Crippen LogP contribution in [-0.4, -0.2) is 42.9 Å². The molecule has 1 atom stereocenters. The molecule has 7 nitrogen and oxygen atoms in total. The predicted octanol–water partition coefficient (Wildman–Crippen LogP) is 1.46. The Kier molecular flexibility index (Phi) is 6.74. The maximum absolute atomic E-state index is 11.7. The highest BCUT2D eigenvalue weighted by Gasteiger charge is 2.21. The lowest BCUT2D eigenvalue weighted by Crippen LogP contribution is -2.15.